The van der Waals surface area contributed by atoms with Gasteiger partial charge in [-0.15, -0.1) is 6.58 Å². The Bertz CT molecular complexity index is 416. The molecule has 0 aromatic carbocycles. The van der Waals surface area contributed by atoms with Crippen LogP contribution in [-0.2, 0) is 9.53 Å². The number of hydrogen-bond acceptors (Lipinski definition) is 4. The number of ether oxygens (including phenoxy) is 1. The van der Waals surface area contributed by atoms with E-state index in [1.54, 1.807) is 13.0 Å². The van der Waals surface area contributed by atoms with Gasteiger partial charge in [0, 0.05) is 11.8 Å². The third-order valence-electron chi connectivity index (χ3n) is 4.84. The molecule has 2 fully saturated rings. The van der Waals surface area contributed by atoms with E-state index in [0.29, 0.717) is 12.0 Å². The van der Waals surface area contributed by atoms with Crippen molar-refractivity contribution in [3.05, 3.63) is 24.8 Å². The molecule has 2 rings (SSSR count). The van der Waals surface area contributed by atoms with Crippen molar-refractivity contribution in [1.29, 1.82) is 0 Å². The van der Waals surface area contributed by atoms with E-state index >= 15 is 0 Å². The van der Waals surface area contributed by atoms with E-state index in [4.69, 9.17) is 4.74 Å². The van der Waals surface area contributed by atoms with Crippen LogP contribution >= 0.6 is 0 Å². The van der Waals surface area contributed by atoms with Crippen LogP contribution in [-0.4, -0.2) is 35.0 Å². The maximum absolute atomic E-state index is 11.7. The Kier molecular flexibility index (Phi) is 3.58. The number of fused-ring (bicyclic) bond motifs is 1. The van der Waals surface area contributed by atoms with Crippen molar-refractivity contribution in [2.45, 2.75) is 32.5 Å². The molecule has 19 heavy (non-hydrogen) atoms. The first-order chi connectivity index (χ1) is 8.85. The lowest BCUT2D eigenvalue weighted by Crippen LogP contribution is -2.51. The Hall–Kier alpha value is -1.13. The molecule has 4 nitrogen and oxygen atoms in total. The van der Waals surface area contributed by atoms with Crippen molar-refractivity contribution in [3.63, 3.8) is 0 Å². The SMILES string of the molecule is C=C[C@]1(C)C[C@@H]2OC(=O)[C@H](C)[C@H]2[C@H](O)[C@H]1C(=C)CO. The highest BCUT2D eigenvalue weighted by Gasteiger charge is 2.57. The van der Waals surface area contributed by atoms with Crippen LogP contribution in [0.5, 0.6) is 0 Å². The summed E-state index contributed by atoms with van der Waals surface area (Å²) in [5.41, 5.74) is 0.157. The Balaban J connectivity index is 2.39. The highest BCUT2D eigenvalue weighted by Crippen LogP contribution is 2.52. The van der Waals surface area contributed by atoms with Crippen LogP contribution in [0.15, 0.2) is 24.8 Å². The molecule has 0 spiro atoms. The van der Waals surface area contributed by atoms with Crippen LogP contribution in [0.2, 0.25) is 0 Å². The smallest absolute Gasteiger partial charge is 0.309 e. The molecule has 6 atom stereocenters. The Morgan fingerprint density at radius 3 is 2.79 bits per heavy atom. The number of carbonyl (C=O) groups is 1. The van der Waals surface area contributed by atoms with Crippen LogP contribution in [0.4, 0.5) is 0 Å². The van der Waals surface area contributed by atoms with Crippen molar-refractivity contribution < 1.29 is 19.7 Å². The largest absolute Gasteiger partial charge is 0.462 e. The van der Waals surface area contributed by atoms with Crippen molar-refractivity contribution in [2.24, 2.45) is 23.2 Å². The molecule has 0 radical (unpaired) electrons. The third-order valence-corrected chi connectivity index (χ3v) is 4.84. The molecule has 0 bridgehead atoms. The highest BCUT2D eigenvalue weighted by atomic mass is 16.6. The van der Waals surface area contributed by atoms with Gasteiger partial charge in [0.1, 0.15) is 6.10 Å². The summed E-state index contributed by atoms with van der Waals surface area (Å²) in [6.45, 7) is 11.3. The lowest BCUT2D eigenvalue weighted by molar-refractivity contribution is -0.146. The van der Waals surface area contributed by atoms with E-state index in [1.807, 2.05) is 6.92 Å². The molecule has 1 aliphatic carbocycles. The summed E-state index contributed by atoms with van der Waals surface area (Å²) in [5, 5.41) is 20.0. The number of rotatable bonds is 3. The Labute approximate surface area is 113 Å². The average Bonchev–Trinajstić information content (AvgIpc) is 2.64. The molecule has 0 unspecified atom stereocenters. The van der Waals surface area contributed by atoms with E-state index in [-0.39, 0.29) is 36.4 Å². The fourth-order valence-electron chi connectivity index (χ4n) is 3.70. The van der Waals surface area contributed by atoms with Gasteiger partial charge in [0.15, 0.2) is 0 Å². The van der Waals surface area contributed by atoms with Gasteiger partial charge in [0.2, 0.25) is 0 Å². The Morgan fingerprint density at radius 2 is 2.26 bits per heavy atom. The highest BCUT2D eigenvalue weighted by molar-refractivity contribution is 5.75. The summed E-state index contributed by atoms with van der Waals surface area (Å²) in [7, 11) is 0. The molecule has 1 aliphatic heterocycles. The summed E-state index contributed by atoms with van der Waals surface area (Å²) in [4.78, 5) is 11.7. The molecule has 2 N–H and O–H groups in total. The number of hydrogen-bond donors (Lipinski definition) is 2. The number of aliphatic hydroxyl groups excluding tert-OH is 2. The van der Waals surface area contributed by atoms with Gasteiger partial charge in [-0.25, -0.2) is 0 Å². The normalized spacial score (nSPS) is 45.5. The van der Waals surface area contributed by atoms with Crippen molar-refractivity contribution in [2.75, 3.05) is 6.61 Å². The first-order valence-electron chi connectivity index (χ1n) is 6.66. The van der Waals surface area contributed by atoms with Gasteiger partial charge in [-0.1, -0.05) is 26.5 Å². The van der Waals surface area contributed by atoms with Crippen LogP contribution in [0.25, 0.3) is 0 Å². The molecule has 1 heterocycles. The summed E-state index contributed by atoms with van der Waals surface area (Å²) >= 11 is 0. The minimum absolute atomic E-state index is 0.175. The van der Waals surface area contributed by atoms with Gasteiger partial charge in [-0.3, -0.25) is 4.79 Å². The van der Waals surface area contributed by atoms with E-state index < -0.39 is 11.5 Å². The van der Waals surface area contributed by atoms with Crippen LogP contribution in [0, 0.1) is 23.2 Å². The van der Waals surface area contributed by atoms with Crippen LogP contribution < -0.4 is 0 Å². The second-order valence-corrected chi connectivity index (χ2v) is 6.04. The van der Waals surface area contributed by atoms with E-state index in [2.05, 4.69) is 13.2 Å². The topological polar surface area (TPSA) is 66.8 Å². The second-order valence-electron chi connectivity index (χ2n) is 6.04. The van der Waals surface area contributed by atoms with Gasteiger partial charge < -0.3 is 14.9 Å². The quantitative estimate of drug-likeness (QED) is 0.596. The Morgan fingerprint density at radius 1 is 1.63 bits per heavy atom. The predicted molar refractivity (Wildman–Crippen MR) is 71.2 cm³/mol. The van der Waals surface area contributed by atoms with Crippen molar-refractivity contribution in [1.82, 2.24) is 0 Å². The number of aliphatic hydroxyl groups is 2. The first kappa shape index (κ1) is 14.3. The molecular formula is C15H22O4. The molecule has 0 aromatic rings. The average molecular weight is 266 g/mol. The molecule has 0 aromatic heterocycles. The minimum atomic E-state index is -0.747. The zero-order chi connectivity index (χ0) is 14.4. The van der Waals surface area contributed by atoms with Crippen molar-refractivity contribution >= 4 is 5.97 Å². The van der Waals surface area contributed by atoms with E-state index in [1.165, 1.54) is 0 Å². The molecule has 4 heteroatoms. The van der Waals surface area contributed by atoms with E-state index in [9.17, 15) is 15.0 Å². The zero-order valence-corrected chi connectivity index (χ0v) is 11.5. The lowest BCUT2D eigenvalue weighted by Gasteiger charge is -2.48. The van der Waals surface area contributed by atoms with Gasteiger partial charge in [-0.2, -0.15) is 0 Å². The number of carbonyl (C=O) groups excluding carboxylic acids is 1. The molecule has 106 valence electrons. The molecule has 1 saturated heterocycles. The van der Waals surface area contributed by atoms with E-state index in [0.717, 1.165) is 0 Å². The molecule has 1 saturated carbocycles. The maximum Gasteiger partial charge on any atom is 0.309 e. The fraction of sp³-hybridized carbons (Fsp3) is 0.667. The molecule has 0 amide bonds. The summed E-state index contributed by atoms with van der Waals surface area (Å²) in [5.74, 6) is -1.10. The van der Waals surface area contributed by atoms with Gasteiger partial charge >= 0.3 is 5.97 Å². The second kappa shape index (κ2) is 4.76. The summed E-state index contributed by atoms with van der Waals surface area (Å²) < 4.78 is 5.37. The third kappa shape index (κ3) is 2.03. The van der Waals surface area contributed by atoms with Crippen LogP contribution in [0.3, 0.4) is 0 Å². The maximum atomic E-state index is 11.7. The van der Waals surface area contributed by atoms with Gasteiger partial charge in [-0.05, 0) is 17.4 Å². The summed E-state index contributed by atoms with van der Waals surface area (Å²) in [6.07, 6.45) is 1.36. The zero-order valence-electron chi connectivity index (χ0n) is 11.5. The summed E-state index contributed by atoms with van der Waals surface area (Å²) in [6, 6.07) is 0. The standard InChI is InChI=1S/C15H22O4/c1-5-15(4)6-10-11(9(3)14(18)19-10)13(17)12(15)8(2)7-16/h5,9-13,16-17H,1-2,6-7H2,3-4H3/t9-,10+,11-,12-,13+,15-/m1/s1. The van der Waals surface area contributed by atoms with Crippen LogP contribution in [0.1, 0.15) is 20.3 Å². The monoisotopic (exact) mass is 266 g/mol. The number of allylic oxidation sites excluding steroid dienone is 1. The lowest BCUT2D eigenvalue weighted by atomic mass is 9.58. The minimum Gasteiger partial charge on any atom is -0.462 e. The fourth-order valence-corrected chi connectivity index (χ4v) is 3.70. The van der Waals surface area contributed by atoms with Gasteiger partial charge in [0.25, 0.3) is 0 Å². The molecule has 2 aliphatic rings. The number of esters is 1. The van der Waals surface area contributed by atoms with Crippen molar-refractivity contribution in [3.8, 4) is 0 Å². The predicted octanol–water partition coefficient (Wildman–Crippen LogP) is 1.29. The first-order valence-corrected chi connectivity index (χ1v) is 6.66. The van der Waals surface area contributed by atoms with Gasteiger partial charge in [0.05, 0.1) is 18.6 Å². The molecular weight excluding hydrogens is 244 g/mol.